The smallest absolute Gasteiger partial charge is 0.410 e. The number of rotatable bonds is 6. The molecule has 3 aromatic rings. The van der Waals surface area contributed by atoms with Gasteiger partial charge in [0, 0.05) is 12.0 Å². The summed E-state index contributed by atoms with van der Waals surface area (Å²) in [5.41, 5.74) is 1.98. The molecule has 2 unspecified atom stereocenters. The number of benzene rings is 2. The summed E-state index contributed by atoms with van der Waals surface area (Å²) in [5.74, 6) is 0.671. The van der Waals surface area contributed by atoms with Gasteiger partial charge in [-0.1, -0.05) is 36.4 Å². The lowest BCUT2D eigenvalue weighted by Gasteiger charge is -2.35. The van der Waals surface area contributed by atoms with Gasteiger partial charge in [0.15, 0.2) is 17.5 Å². The first kappa shape index (κ1) is 25.9. The van der Waals surface area contributed by atoms with E-state index in [4.69, 9.17) is 9.47 Å². The number of fused-ring (bicyclic) bond motifs is 1. The Morgan fingerprint density at radius 3 is 2.45 bits per heavy atom. The summed E-state index contributed by atoms with van der Waals surface area (Å²) in [6, 6.07) is 12.6. The molecule has 0 saturated carbocycles. The Balaban J connectivity index is 1.36. The molecule has 0 spiro atoms. The molecule has 0 bridgehead atoms. The Bertz CT molecular complexity index is 1270. The van der Waals surface area contributed by atoms with E-state index in [1.54, 1.807) is 23.1 Å². The summed E-state index contributed by atoms with van der Waals surface area (Å²) in [5, 5.41) is 7.18. The molecule has 1 saturated heterocycles. The van der Waals surface area contributed by atoms with Gasteiger partial charge in [-0.05, 0) is 17.7 Å². The number of nitrogens with zero attached hydrogens (tertiary/aromatic N) is 3. The zero-order valence-electron chi connectivity index (χ0n) is 21.3. The molecule has 5 rings (SSSR count). The van der Waals surface area contributed by atoms with Gasteiger partial charge in [-0.25, -0.2) is 4.68 Å². The quantitative estimate of drug-likeness (QED) is 0.513. The molecule has 202 valence electrons. The first-order valence-electron chi connectivity index (χ1n) is 12.6. The predicted octanol–water partition coefficient (Wildman–Crippen LogP) is 3.10. The third-order valence-electron chi connectivity index (χ3n) is 7.33. The Morgan fingerprint density at radius 2 is 1.79 bits per heavy atom. The lowest BCUT2D eigenvalue weighted by Crippen LogP contribution is -3.13. The van der Waals surface area contributed by atoms with Crippen molar-refractivity contribution in [3.05, 3.63) is 71.4 Å². The number of halogens is 3. The van der Waals surface area contributed by atoms with Crippen LogP contribution in [0, 0.1) is 0 Å². The molecule has 2 N–H and O–H groups in total. The van der Waals surface area contributed by atoms with Crippen molar-refractivity contribution in [1.82, 2.24) is 14.7 Å². The number of carbonyl (C=O) groups is 1. The maximum Gasteiger partial charge on any atom is 0.410 e. The van der Waals surface area contributed by atoms with E-state index in [0.29, 0.717) is 30.2 Å². The van der Waals surface area contributed by atoms with E-state index >= 15 is 0 Å². The fraction of sp³-hybridized carbons (Fsp3) is 0.407. The summed E-state index contributed by atoms with van der Waals surface area (Å²) in [6.07, 6.45) is -3.56. The van der Waals surface area contributed by atoms with E-state index in [1.165, 1.54) is 30.9 Å². The summed E-state index contributed by atoms with van der Waals surface area (Å²) >= 11 is 0. The Kier molecular flexibility index (Phi) is 7.20. The largest absolute Gasteiger partial charge is 0.493 e. The normalized spacial score (nSPS) is 20.0. The number of nitrogens with one attached hydrogen (secondary N) is 2. The molecule has 0 radical (unpaired) electrons. The van der Waals surface area contributed by atoms with Crippen molar-refractivity contribution in [2.24, 2.45) is 0 Å². The average molecular weight is 531 g/mol. The highest BCUT2D eigenvalue weighted by atomic mass is 19.4. The highest BCUT2D eigenvalue weighted by molar-refractivity contribution is 5.99. The molecule has 1 fully saturated rings. The van der Waals surface area contributed by atoms with Crippen LogP contribution in [0.5, 0.6) is 11.5 Å². The van der Waals surface area contributed by atoms with Crippen LogP contribution in [0.25, 0.3) is 0 Å². The monoisotopic (exact) mass is 530 g/mol. The van der Waals surface area contributed by atoms with Crippen molar-refractivity contribution >= 4 is 11.7 Å². The van der Waals surface area contributed by atoms with Crippen molar-refractivity contribution in [3.63, 3.8) is 0 Å². The fourth-order valence-electron chi connectivity index (χ4n) is 5.26. The molecular formula is C27H31F3N5O3+. The third kappa shape index (κ3) is 5.15. The Hall–Kier alpha value is -3.73. The number of ether oxygens (including phenoxy) is 2. The molecule has 1 amide bonds. The molecule has 1 aromatic heterocycles. The predicted molar refractivity (Wildman–Crippen MR) is 135 cm³/mol. The number of hydrogen-bond donors (Lipinski definition) is 2. The van der Waals surface area contributed by atoms with Crippen molar-refractivity contribution in [2.75, 3.05) is 45.7 Å². The summed E-state index contributed by atoms with van der Waals surface area (Å²) in [7, 11) is 2.97. The topological polar surface area (TPSA) is 73.1 Å². The number of methoxy groups -OCH3 is 2. The molecule has 8 nitrogen and oxygen atoms in total. The highest BCUT2D eigenvalue weighted by Gasteiger charge is 2.47. The fourth-order valence-corrected chi connectivity index (χ4v) is 5.26. The van der Waals surface area contributed by atoms with E-state index in [2.05, 4.69) is 22.5 Å². The number of anilines is 1. The van der Waals surface area contributed by atoms with Crippen LogP contribution in [0.1, 0.15) is 40.0 Å². The summed E-state index contributed by atoms with van der Waals surface area (Å²) in [6.45, 7) is 3.43. The first-order chi connectivity index (χ1) is 18.3. The van der Waals surface area contributed by atoms with Crippen LogP contribution in [-0.4, -0.2) is 67.2 Å². The van der Waals surface area contributed by atoms with Gasteiger partial charge in [0.25, 0.3) is 5.91 Å². The SMILES string of the molecule is COc1ccc(C2CC(C(F)(F)F)n3ncc(C(=O)N4CC[NH+](Cc5ccccc5)CC4)c3N2)cc1OC. The van der Waals surface area contributed by atoms with Gasteiger partial charge in [0.05, 0.1) is 52.6 Å². The van der Waals surface area contributed by atoms with Crippen LogP contribution in [-0.2, 0) is 6.54 Å². The maximum absolute atomic E-state index is 14.1. The zero-order chi connectivity index (χ0) is 26.9. The van der Waals surface area contributed by atoms with Crippen LogP contribution >= 0.6 is 0 Å². The summed E-state index contributed by atoms with van der Waals surface area (Å²) < 4.78 is 53.9. The van der Waals surface area contributed by atoms with Gasteiger partial charge in [-0.2, -0.15) is 18.3 Å². The minimum Gasteiger partial charge on any atom is -0.493 e. The number of aromatic nitrogens is 2. The standard InChI is InChI=1S/C27H30F3N5O3/c1-37-22-9-8-19(14-23(22)38-2)21-15-24(27(28,29)30)35-25(32-21)20(16-31-35)26(36)34-12-10-33(11-13-34)17-18-6-4-3-5-7-18/h3-9,14,16,21,24,32H,10-13,15,17H2,1-2H3/p+1. The number of hydrogen-bond acceptors (Lipinski definition) is 5. The van der Waals surface area contributed by atoms with Gasteiger partial charge >= 0.3 is 6.18 Å². The summed E-state index contributed by atoms with van der Waals surface area (Å²) in [4.78, 5) is 16.6. The van der Waals surface area contributed by atoms with E-state index in [-0.39, 0.29) is 23.7 Å². The van der Waals surface area contributed by atoms with Gasteiger partial charge < -0.3 is 24.6 Å². The minimum atomic E-state index is -4.54. The molecule has 2 atom stereocenters. The van der Waals surface area contributed by atoms with E-state index in [1.807, 2.05) is 18.2 Å². The molecule has 0 aliphatic carbocycles. The molecule has 2 aliphatic heterocycles. The lowest BCUT2D eigenvalue weighted by atomic mass is 9.96. The molecular weight excluding hydrogens is 499 g/mol. The third-order valence-corrected chi connectivity index (χ3v) is 7.33. The molecule has 38 heavy (non-hydrogen) atoms. The van der Waals surface area contributed by atoms with Crippen LogP contribution in [0.3, 0.4) is 0 Å². The second kappa shape index (κ2) is 10.6. The van der Waals surface area contributed by atoms with Gasteiger partial charge in [-0.15, -0.1) is 0 Å². The Labute approximate surface area is 218 Å². The highest BCUT2D eigenvalue weighted by Crippen LogP contribution is 2.45. The number of alkyl halides is 3. The minimum absolute atomic E-state index is 0.0856. The van der Waals surface area contributed by atoms with Crippen LogP contribution in [0.4, 0.5) is 19.0 Å². The molecule has 11 heteroatoms. The van der Waals surface area contributed by atoms with Crippen molar-refractivity contribution in [2.45, 2.75) is 31.2 Å². The number of piperazine rings is 1. The number of amides is 1. The second-order valence-corrected chi connectivity index (χ2v) is 9.66. The van der Waals surface area contributed by atoms with Gasteiger partial charge in [0.1, 0.15) is 17.9 Å². The van der Waals surface area contributed by atoms with Crippen molar-refractivity contribution in [1.29, 1.82) is 0 Å². The van der Waals surface area contributed by atoms with Crippen LogP contribution in [0.15, 0.2) is 54.7 Å². The van der Waals surface area contributed by atoms with Gasteiger partial charge in [0.2, 0.25) is 0 Å². The van der Waals surface area contributed by atoms with E-state index < -0.39 is 18.3 Å². The van der Waals surface area contributed by atoms with E-state index in [0.717, 1.165) is 24.3 Å². The van der Waals surface area contributed by atoms with Crippen molar-refractivity contribution < 1.29 is 32.3 Å². The molecule has 3 heterocycles. The van der Waals surface area contributed by atoms with Crippen LogP contribution in [0.2, 0.25) is 0 Å². The number of carbonyl (C=O) groups excluding carboxylic acids is 1. The Morgan fingerprint density at radius 1 is 1.08 bits per heavy atom. The lowest BCUT2D eigenvalue weighted by molar-refractivity contribution is -0.917. The zero-order valence-corrected chi connectivity index (χ0v) is 21.3. The van der Waals surface area contributed by atoms with Gasteiger partial charge in [-0.3, -0.25) is 4.79 Å². The maximum atomic E-state index is 14.1. The first-order valence-corrected chi connectivity index (χ1v) is 12.6. The molecule has 2 aromatic carbocycles. The van der Waals surface area contributed by atoms with Crippen LogP contribution < -0.4 is 19.7 Å². The number of quaternary nitrogens is 1. The van der Waals surface area contributed by atoms with Crippen molar-refractivity contribution in [3.8, 4) is 11.5 Å². The average Bonchev–Trinajstić information content (AvgIpc) is 3.36. The second-order valence-electron chi connectivity index (χ2n) is 9.66. The molecule has 2 aliphatic rings. The van der Waals surface area contributed by atoms with E-state index in [9.17, 15) is 18.0 Å².